The molecule has 0 aromatic carbocycles. The highest BCUT2D eigenvalue weighted by Crippen LogP contribution is 2.24. The third kappa shape index (κ3) is 6.27. The van der Waals surface area contributed by atoms with Crippen molar-refractivity contribution in [2.45, 2.75) is 25.4 Å². The summed E-state index contributed by atoms with van der Waals surface area (Å²) < 4.78 is 37.4. The molecule has 9 heteroatoms. The van der Waals surface area contributed by atoms with E-state index in [1.54, 1.807) is 11.3 Å². The van der Waals surface area contributed by atoms with Crippen LogP contribution in [0.15, 0.2) is 22.5 Å². The lowest BCUT2D eigenvalue weighted by molar-refractivity contribution is -0.148. The van der Waals surface area contributed by atoms with Crippen molar-refractivity contribution >= 4 is 22.3 Å². The summed E-state index contributed by atoms with van der Waals surface area (Å²) in [5.74, 6) is 1.42. The zero-order chi connectivity index (χ0) is 20.0. The molecule has 0 aliphatic carbocycles. The summed E-state index contributed by atoms with van der Waals surface area (Å²) in [6.45, 7) is 4.98. The molecule has 1 N–H and O–H groups in total. The Kier molecular flexibility index (Phi) is 7.45. The number of aliphatic imine (C=N–C) groups is 1. The summed E-state index contributed by atoms with van der Waals surface area (Å²) in [5.41, 5.74) is 0. The van der Waals surface area contributed by atoms with E-state index in [1.165, 1.54) is 9.90 Å². The van der Waals surface area contributed by atoms with E-state index in [9.17, 15) is 13.2 Å². The van der Waals surface area contributed by atoms with Gasteiger partial charge in [0.05, 0.1) is 11.5 Å². The van der Waals surface area contributed by atoms with Crippen LogP contribution in [0.2, 0.25) is 0 Å². The summed E-state index contributed by atoms with van der Waals surface area (Å²) in [6.07, 6.45) is -1.42. The standard InChI is InChI=1S/C19H30F3N5S/c1-23-18(27-12-10-26(11-13-27)17-3-2-14-28-17)24-7-4-16-5-8-25(9-6-16)15-19(20,21)22/h2-3,14,16H,4-13,15H2,1H3,(H,23,24). The Morgan fingerprint density at radius 2 is 1.89 bits per heavy atom. The van der Waals surface area contributed by atoms with Crippen LogP contribution < -0.4 is 10.2 Å². The molecular weight excluding hydrogens is 387 g/mol. The Hall–Kier alpha value is -1.48. The van der Waals surface area contributed by atoms with Crippen LogP contribution in [0.4, 0.5) is 18.2 Å². The molecule has 1 aromatic rings. The quantitative estimate of drug-likeness (QED) is 0.590. The number of nitrogens with one attached hydrogen (secondary N) is 1. The van der Waals surface area contributed by atoms with Gasteiger partial charge in [0.2, 0.25) is 0 Å². The van der Waals surface area contributed by atoms with Crippen molar-refractivity contribution in [1.82, 2.24) is 15.1 Å². The fourth-order valence-corrected chi connectivity index (χ4v) is 4.78. The highest BCUT2D eigenvalue weighted by atomic mass is 32.1. The topological polar surface area (TPSA) is 34.1 Å². The maximum absolute atomic E-state index is 12.5. The highest BCUT2D eigenvalue weighted by molar-refractivity contribution is 7.14. The first kappa shape index (κ1) is 21.2. The van der Waals surface area contributed by atoms with E-state index in [1.807, 2.05) is 7.05 Å². The zero-order valence-electron chi connectivity index (χ0n) is 16.4. The molecule has 0 saturated carbocycles. The fraction of sp³-hybridized carbons (Fsp3) is 0.737. The molecule has 0 unspecified atom stereocenters. The second kappa shape index (κ2) is 9.82. The number of guanidine groups is 1. The van der Waals surface area contributed by atoms with Crippen LogP contribution in [0.25, 0.3) is 0 Å². The zero-order valence-corrected chi connectivity index (χ0v) is 17.2. The Labute approximate surface area is 169 Å². The van der Waals surface area contributed by atoms with Crippen LogP contribution >= 0.6 is 11.3 Å². The SMILES string of the molecule is CN=C(NCCC1CCN(CC(F)(F)F)CC1)N1CCN(c2cccs2)CC1. The minimum absolute atomic E-state index is 0.491. The van der Waals surface area contributed by atoms with Crippen molar-refractivity contribution in [3.05, 3.63) is 17.5 Å². The average Bonchev–Trinajstić information content (AvgIpc) is 3.20. The predicted octanol–water partition coefficient (Wildman–Crippen LogP) is 3.11. The van der Waals surface area contributed by atoms with Gasteiger partial charge in [0.25, 0.3) is 0 Å². The Bertz CT molecular complexity index is 604. The molecule has 2 fully saturated rings. The number of anilines is 1. The van der Waals surface area contributed by atoms with Gasteiger partial charge in [-0.15, -0.1) is 11.3 Å². The number of alkyl halides is 3. The van der Waals surface area contributed by atoms with E-state index in [2.05, 4.69) is 37.6 Å². The Morgan fingerprint density at radius 1 is 1.18 bits per heavy atom. The molecule has 1 aromatic heterocycles. The molecule has 2 aliphatic rings. The highest BCUT2D eigenvalue weighted by Gasteiger charge is 2.32. The van der Waals surface area contributed by atoms with Crippen LogP contribution in [-0.4, -0.2) is 81.3 Å². The minimum Gasteiger partial charge on any atom is -0.360 e. The van der Waals surface area contributed by atoms with Gasteiger partial charge in [-0.05, 0) is 55.8 Å². The summed E-state index contributed by atoms with van der Waals surface area (Å²) >= 11 is 1.77. The molecule has 2 saturated heterocycles. The summed E-state index contributed by atoms with van der Waals surface area (Å²) in [5, 5.41) is 6.88. The lowest BCUT2D eigenvalue weighted by Gasteiger charge is -2.37. The molecule has 3 heterocycles. The smallest absolute Gasteiger partial charge is 0.360 e. The normalized spacial score (nSPS) is 20.6. The summed E-state index contributed by atoms with van der Waals surface area (Å²) in [4.78, 5) is 10.6. The van der Waals surface area contributed by atoms with Crippen LogP contribution in [0.3, 0.4) is 0 Å². The number of halogens is 3. The second-order valence-corrected chi connectivity index (χ2v) is 8.45. The first-order chi connectivity index (χ1) is 13.4. The molecule has 0 spiro atoms. The van der Waals surface area contributed by atoms with Crippen LogP contribution in [0, 0.1) is 5.92 Å². The number of piperazine rings is 1. The van der Waals surface area contributed by atoms with Gasteiger partial charge in [-0.3, -0.25) is 9.89 Å². The van der Waals surface area contributed by atoms with Gasteiger partial charge >= 0.3 is 6.18 Å². The molecule has 0 radical (unpaired) electrons. The van der Waals surface area contributed by atoms with E-state index in [0.717, 1.165) is 57.9 Å². The predicted molar refractivity (Wildman–Crippen MR) is 109 cm³/mol. The van der Waals surface area contributed by atoms with Crippen molar-refractivity contribution < 1.29 is 13.2 Å². The first-order valence-electron chi connectivity index (χ1n) is 9.98. The van der Waals surface area contributed by atoms with Crippen molar-refractivity contribution in [1.29, 1.82) is 0 Å². The van der Waals surface area contributed by atoms with Crippen molar-refractivity contribution in [2.75, 3.05) is 64.3 Å². The van der Waals surface area contributed by atoms with E-state index >= 15 is 0 Å². The number of piperidine rings is 1. The molecule has 3 rings (SSSR count). The third-order valence-corrected chi connectivity index (χ3v) is 6.48. The van der Waals surface area contributed by atoms with Gasteiger partial charge in [-0.1, -0.05) is 0 Å². The van der Waals surface area contributed by atoms with Gasteiger partial charge in [0, 0.05) is 39.8 Å². The van der Waals surface area contributed by atoms with E-state index in [4.69, 9.17) is 0 Å². The van der Waals surface area contributed by atoms with Crippen molar-refractivity contribution in [3.63, 3.8) is 0 Å². The van der Waals surface area contributed by atoms with Gasteiger partial charge in [-0.2, -0.15) is 13.2 Å². The third-order valence-electron chi connectivity index (χ3n) is 5.55. The fourth-order valence-electron chi connectivity index (χ4n) is 4.00. The van der Waals surface area contributed by atoms with Gasteiger partial charge in [-0.25, -0.2) is 0 Å². The Balaban J connectivity index is 1.34. The Morgan fingerprint density at radius 3 is 2.46 bits per heavy atom. The molecule has 158 valence electrons. The van der Waals surface area contributed by atoms with E-state index in [0.29, 0.717) is 19.0 Å². The molecule has 0 atom stereocenters. The van der Waals surface area contributed by atoms with Crippen molar-refractivity contribution in [3.8, 4) is 0 Å². The second-order valence-electron chi connectivity index (χ2n) is 7.52. The van der Waals surface area contributed by atoms with Crippen LogP contribution in [0.1, 0.15) is 19.3 Å². The van der Waals surface area contributed by atoms with Gasteiger partial charge in [0.15, 0.2) is 5.96 Å². The molecule has 28 heavy (non-hydrogen) atoms. The average molecular weight is 418 g/mol. The summed E-state index contributed by atoms with van der Waals surface area (Å²) in [7, 11) is 1.81. The number of rotatable bonds is 5. The maximum Gasteiger partial charge on any atom is 0.401 e. The molecule has 0 bridgehead atoms. The lowest BCUT2D eigenvalue weighted by atomic mass is 9.93. The van der Waals surface area contributed by atoms with Gasteiger partial charge < -0.3 is 15.1 Å². The van der Waals surface area contributed by atoms with E-state index < -0.39 is 12.7 Å². The maximum atomic E-state index is 12.5. The molecule has 5 nitrogen and oxygen atoms in total. The molecule has 2 aliphatic heterocycles. The first-order valence-corrected chi connectivity index (χ1v) is 10.9. The van der Waals surface area contributed by atoms with Crippen LogP contribution in [-0.2, 0) is 0 Å². The minimum atomic E-state index is -4.09. The summed E-state index contributed by atoms with van der Waals surface area (Å²) in [6, 6.07) is 4.24. The largest absolute Gasteiger partial charge is 0.401 e. The van der Waals surface area contributed by atoms with E-state index in [-0.39, 0.29) is 0 Å². The number of likely N-dealkylation sites (tertiary alicyclic amines) is 1. The molecule has 0 amide bonds. The number of thiophene rings is 1. The monoisotopic (exact) mass is 417 g/mol. The van der Waals surface area contributed by atoms with Crippen molar-refractivity contribution in [2.24, 2.45) is 10.9 Å². The number of hydrogen-bond donors (Lipinski definition) is 1. The number of hydrogen-bond acceptors (Lipinski definition) is 4. The lowest BCUT2D eigenvalue weighted by Crippen LogP contribution is -2.52. The van der Waals surface area contributed by atoms with Crippen LogP contribution in [0.5, 0.6) is 0 Å². The molecular formula is C19H30F3N5S. The number of nitrogens with zero attached hydrogens (tertiary/aromatic N) is 4. The van der Waals surface area contributed by atoms with Gasteiger partial charge in [0.1, 0.15) is 0 Å².